The van der Waals surface area contributed by atoms with Crippen LogP contribution in [-0.2, 0) is 0 Å². The Bertz CT molecular complexity index is 1080. The van der Waals surface area contributed by atoms with Crippen LogP contribution < -0.4 is 10.1 Å². The molecule has 10 heteroatoms. The van der Waals surface area contributed by atoms with E-state index in [1.54, 1.807) is 0 Å². The lowest BCUT2D eigenvalue weighted by atomic mass is 10.1. The van der Waals surface area contributed by atoms with Crippen LogP contribution in [0.15, 0.2) is 48.7 Å². The molecular weight excluding hydrogens is 365 g/mol. The number of hydrogen-bond donors (Lipinski definition) is 1. The van der Waals surface area contributed by atoms with Crippen LogP contribution in [0.25, 0.3) is 10.9 Å². The fraction of sp³-hybridized carbons (Fsp3) is 0.0588. The van der Waals surface area contributed by atoms with Gasteiger partial charge < -0.3 is 10.1 Å². The predicted molar refractivity (Wildman–Crippen MR) is 89.5 cm³/mol. The highest BCUT2D eigenvalue weighted by molar-refractivity contribution is 5.99. The summed E-state index contributed by atoms with van der Waals surface area (Å²) < 4.78 is 41.0. The van der Waals surface area contributed by atoms with E-state index in [0.29, 0.717) is 0 Å². The van der Waals surface area contributed by atoms with Crippen molar-refractivity contribution in [3.63, 3.8) is 0 Å². The molecule has 7 nitrogen and oxygen atoms in total. The summed E-state index contributed by atoms with van der Waals surface area (Å²) in [6.07, 6.45) is -3.69. The Labute approximate surface area is 149 Å². The van der Waals surface area contributed by atoms with Crippen molar-refractivity contribution >= 4 is 28.0 Å². The van der Waals surface area contributed by atoms with Gasteiger partial charge in [-0.1, -0.05) is 18.2 Å². The normalized spacial score (nSPS) is 11.0. The summed E-state index contributed by atoms with van der Waals surface area (Å²) in [7, 11) is 0. The highest BCUT2D eigenvalue weighted by atomic mass is 19.4. The van der Waals surface area contributed by atoms with Gasteiger partial charge in [-0.3, -0.25) is 10.1 Å². The number of non-ortho nitro benzene ring substituents is 1. The first-order chi connectivity index (χ1) is 12.8. The minimum absolute atomic E-state index is 0.0479. The number of fused-ring (bicyclic) bond motifs is 1. The van der Waals surface area contributed by atoms with Crippen molar-refractivity contribution < 1.29 is 22.8 Å². The summed E-state index contributed by atoms with van der Waals surface area (Å²) in [6, 6.07) is 11.1. The number of nitrogens with zero attached hydrogens (tertiary/aromatic N) is 3. The Morgan fingerprint density at radius 2 is 1.96 bits per heavy atom. The molecule has 0 amide bonds. The fourth-order valence-electron chi connectivity index (χ4n) is 2.49. The number of aromatic nitrogens is 1. The van der Waals surface area contributed by atoms with E-state index in [-0.39, 0.29) is 33.5 Å². The number of rotatable bonds is 4. The van der Waals surface area contributed by atoms with Crippen molar-refractivity contribution in [1.29, 1.82) is 5.26 Å². The van der Waals surface area contributed by atoms with Gasteiger partial charge in [-0.05, 0) is 12.1 Å². The van der Waals surface area contributed by atoms with Crippen LogP contribution in [0.1, 0.15) is 5.56 Å². The molecule has 27 heavy (non-hydrogen) atoms. The first kappa shape index (κ1) is 17.9. The van der Waals surface area contributed by atoms with Gasteiger partial charge in [-0.2, -0.15) is 5.26 Å². The average Bonchev–Trinajstić information content (AvgIpc) is 2.60. The Morgan fingerprint density at radius 3 is 2.63 bits per heavy atom. The van der Waals surface area contributed by atoms with E-state index >= 15 is 0 Å². The van der Waals surface area contributed by atoms with Crippen LogP contribution in [0.4, 0.5) is 30.2 Å². The van der Waals surface area contributed by atoms with Crippen LogP contribution in [0, 0.1) is 21.4 Å². The number of nitriles is 1. The van der Waals surface area contributed by atoms with Crippen molar-refractivity contribution in [2.24, 2.45) is 0 Å². The molecule has 0 fully saturated rings. The Kier molecular flexibility index (Phi) is 4.51. The van der Waals surface area contributed by atoms with Gasteiger partial charge in [0.25, 0.3) is 5.69 Å². The van der Waals surface area contributed by atoms with Crippen molar-refractivity contribution in [3.8, 4) is 11.8 Å². The molecule has 3 rings (SSSR count). The van der Waals surface area contributed by atoms with E-state index < -0.39 is 17.0 Å². The second-order valence-electron chi connectivity index (χ2n) is 5.29. The van der Waals surface area contributed by atoms with E-state index in [0.717, 1.165) is 18.3 Å². The Morgan fingerprint density at radius 1 is 1.22 bits per heavy atom. The summed E-state index contributed by atoms with van der Waals surface area (Å²) in [4.78, 5) is 14.5. The summed E-state index contributed by atoms with van der Waals surface area (Å²) in [6.45, 7) is 0. The van der Waals surface area contributed by atoms with E-state index in [9.17, 15) is 28.5 Å². The minimum Gasteiger partial charge on any atom is -0.406 e. The molecule has 0 saturated carbocycles. The van der Waals surface area contributed by atoms with Gasteiger partial charge in [-0.15, -0.1) is 13.2 Å². The highest BCUT2D eigenvalue weighted by Gasteiger charge is 2.31. The molecule has 0 bridgehead atoms. The third-order valence-corrected chi connectivity index (χ3v) is 3.53. The first-order valence-electron chi connectivity index (χ1n) is 7.37. The maximum atomic E-state index is 12.4. The average molecular weight is 374 g/mol. The molecule has 0 unspecified atom stereocenters. The molecule has 3 aromatic rings. The summed E-state index contributed by atoms with van der Waals surface area (Å²) in [5.41, 5.74) is 0.258. The number of nitro groups is 1. The summed E-state index contributed by atoms with van der Waals surface area (Å²) in [5.74, 6) is -0.449. The maximum Gasteiger partial charge on any atom is 0.573 e. The van der Waals surface area contributed by atoms with Crippen LogP contribution >= 0.6 is 0 Å². The van der Waals surface area contributed by atoms with Crippen molar-refractivity contribution in [2.45, 2.75) is 6.36 Å². The molecule has 1 N–H and O–H groups in total. The number of pyridine rings is 1. The molecule has 0 saturated heterocycles. The zero-order valence-electron chi connectivity index (χ0n) is 13.3. The van der Waals surface area contributed by atoms with E-state index in [2.05, 4.69) is 15.0 Å². The van der Waals surface area contributed by atoms with Crippen molar-refractivity contribution in [2.75, 3.05) is 5.32 Å². The number of halogens is 3. The molecule has 1 heterocycles. The zero-order chi connectivity index (χ0) is 19.6. The van der Waals surface area contributed by atoms with Gasteiger partial charge in [0, 0.05) is 29.4 Å². The van der Waals surface area contributed by atoms with Gasteiger partial charge in [0.1, 0.15) is 17.3 Å². The maximum absolute atomic E-state index is 12.4. The molecule has 1 aromatic heterocycles. The van der Waals surface area contributed by atoms with Crippen LogP contribution in [0.2, 0.25) is 0 Å². The summed E-state index contributed by atoms with van der Waals surface area (Å²) >= 11 is 0. The largest absolute Gasteiger partial charge is 0.573 e. The minimum atomic E-state index is -4.85. The second-order valence-corrected chi connectivity index (χ2v) is 5.29. The van der Waals surface area contributed by atoms with E-state index in [1.807, 2.05) is 6.07 Å². The fourth-order valence-corrected chi connectivity index (χ4v) is 2.49. The number of nitrogens with one attached hydrogen (secondary N) is 1. The van der Waals surface area contributed by atoms with Crippen LogP contribution in [0.5, 0.6) is 5.75 Å². The number of benzene rings is 2. The number of nitro benzene ring substituents is 1. The molecule has 0 spiro atoms. The molecule has 0 aliphatic rings. The lowest BCUT2D eigenvalue weighted by Gasteiger charge is -2.13. The lowest BCUT2D eigenvalue weighted by molar-refractivity contribution is -0.383. The van der Waals surface area contributed by atoms with E-state index in [4.69, 9.17) is 0 Å². The molecule has 0 aliphatic carbocycles. The Hall–Kier alpha value is -3.87. The van der Waals surface area contributed by atoms with E-state index in [1.165, 1.54) is 30.3 Å². The topological polar surface area (TPSA) is 101 Å². The first-order valence-corrected chi connectivity index (χ1v) is 7.37. The highest BCUT2D eigenvalue weighted by Crippen LogP contribution is 2.34. The van der Waals surface area contributed by atoms with Gasteiger partial charge in [0.05, 0.1) is 16.2 Å². The number of anilines is 2. The molecular formula is C17H9F3N4O3. The summed E-state index contributed by atoms with van der Waals surface area (Å²) in [5, 5.41) is 23.6. The standard InChI is InChI=1S/C17H9F3N4O3/c18-17(19,20)27-12-4-1-3-11(7-12)23-15-10(8-21)9-22-16-13(15)5-2-6-14(16)24(25)26/h1-7,9H,(H,22,23). The third-order valence-electron chi connectivity index (χ3n) is 3.53. The molecule has 2 aromatic carbocycles. The smallest absolute Gasteiger partial charge is 0.406 e. The molecule has 0 aliphatic heterocycles. The predicted octanol–water partition coefficient (Wildman–Crippen LogP) is 4.66. The van der Waals surface area contributed by atoms with Gasteiger partial charge >= 0.3 is 6.36 Å². The molecule has 0 atom stereocenters. The Balaban J connectivity index is 2.09. The third kappa shape index (κ3) is 3.87. The lowest BCUT2D eigenvalue weighted by Crippen LogP contribution is -2.17. The van der Waals surface area contributed by atoms with Gasteiger partial charge in [0.2, 0.25) is 0 Å². The molecule has 0 radical (unpaired) electrons. The van der Waals surface area contributed by atoms with Gasteiger partial charge in [-0.25, -0.2) is 4.98 Å². The number of alkyl halides is 3. The van der Waals surface area contributed by atoms with Crippen molar-refractivity contribution in [3.05, 3.63) is 64.3 Å². The number of para-hydroxylation sites is 1. The quantitative estimate of drug-likeness (QED) is 0.527. The van der Waals surface area contributed by atoms with Crippen molar-refractivity contribution in [1.82, 2.24) is 4.98 Å². The van der Waals surface area contributed by atoms with Crippen LogP contribution in [0.3, 0.4) is 0 Å². The molecule has 136 valence electrons. The number of ether oxygens (including phenoxy) is 1. The monoisotopic (exact) mass is 374 g/mol. The number of hydrogen-bond acceptors (Lipinski definition) is 6. The van der Waals surface area contributed by atoms with Crippen LogP contribution in [-0.4, -0.2) is 16.3 Å². The second kappa shape index (κ2) is 6.80. The SMILES string of the molecule is N#Cc1cnc2c([N+](=O)[O-])cccc2c1Nc1cccc(OC(F)(F)F)c1. The van der Waals surface area contributed by atoms with Gasteiger partial charge in [0.15, 0.2) is 0 Å². The zero-order valence-corrected chi connectivity index (χ0v) is 13.3.